The SMILES string of the molecule is CC(NCC1(CN)CCCCC1)C1CCOC1. The van der Waals surface area contributed by atoms with Crippen LogP contribution in [0.3, 0.4) is 0 Å². The molecular weight excluding hydrogens is 212 g/mol. The van der Waals surface area contributed by atoms with Crippen LogP contribution in [0.5, 0.6) is 0 Å². The fourth-order valence-electron chi connectivity index (χ4n) is 3.25. The second-order valence-electron chi connectivity index (χ2n) is 6.06. The Kier molecular flexibility index (Phi) is 4.83. The van der Waals surface area contributed by atoms with Crippen molar-refractivity contribution in [3.05, 3.63) is 0 Å². The zero-order valence-corrected chi connectivity index (χ0v) is 11.2. The Balaban J connectivity index is 1.78. The van der Waals surface area contributed by atoms with Crippen LogP contribution < -0.4 is 11.1 Å². The molecule has 0 aromatic heterocycles. The summed E-state index contributed by atoms with van der Waals surface area (Å²) in [6.07, 6.45) is 7.95. The molecule has 2 unspecified atom stereocenters. The summed E-state index contributed by atoms with van der Waals surface area (Å²) in [6, 6.07) is 0.572. The molecule has 2 atom stereocenters. The highest BCUT2D eigenvalue weighted by molar-refractivity contribution is 4.87. The van der Waals surface area contributed by atoms with Crippen molar-refractivity contribution in [2.75, 3.05) is 26.3 Å². The summed E-state index contributed by atoms with van der Waals surface area (Å²) in [5.74, 6) is 0.702. The normalized spacial score (nSPS) is 30.4. The zero-order chi connectivity index (χ0) is 12.1. The average molecular weight is 240 g/mol. The Morgan fingerprint density at radius 3 is 2.71 bits per heavy atom. The van der Waals surface area contributed by atoms with Crippen LogP contribution in [0.1, 0.15) is 45.4 Å². The van der Waals surface area contributed by atoms with Crippen LogP contribution in [-0.4, -0.2) is 32.3 Å². The van der Waals surface area contributed by atoms with Gasteiger partial charge in [0.2, 0.25) is 0 Å². The highest BCUT2D eigenvalue weighted by Crippen LogP contribution is 2.35. The van der Waals surface area contributed by atoms with Gasteiger partial charge in [-0.1, -0.05) is 19.3 Å². The van der Waals surface area contributed by atoms with E-state index in [4.69, 9.17) is 10.5 Å². The number of hydrogen-bond acceptors (Lipinski definition) is 3. The van der Waals surface area contributed by atoms with Crippen molar-refractivity contribution < 1.29 is 4.74 Å². The fraction of sp³-hybridized carbons (Fsp3) is 1.00. The molecule has 1 heterocycles. The van der Waals surface area contributed by atoms with Gasteiger partial charge in [0, 0.05) is 19.2 Å². The first-order valence-electron chi connectivity index (χ1n) is 7.27. The first kappa shape index (κ1) is 13.3. The Hall–Kier alpha value is -0.120. The molecule has 1 saturated heterocycles. The highest BCUT2D eigenvalue weighted by Gasteiger charge is 2.31. The minimum atomic E-state index is 0.381. The predicted molar refractivity (Wildman–Crippen MR) is 71.0 cm³/mol. The molecule has 0 bridgehead atoms. The van der Waals surface area contributed by atoms with Gasteiger partial charge in [0.05, 0.1) is 6.61 Å². The molecule has 1 saturated carbocycles. The van der Waals surface area contributed by atoms with Gasteiger partial charge in [-0.15, -0.1) is 0 Å². The number of rotatable bonds is 5. The quantitative estimate of drug-likeness (QED) is 0.771. The van der Waals surface area contributed by atoms with Crippen molar-refractivity contribution in [1.82, 2.24) is 5.32 Å². The van der Waals surface area contributed by atoms with Crippen LogP contribution in [0.15, 0.2) is 0 Å². The van der Waals surface area contributed by atoms with Gasteiger partial charge >= 0.3 is 0 Å². The van der Waals surface area contributed by atoms with E-state index in [0.717, 1.165) is 26.3 Å². The van der Waals surface area contributed by atoms with Gasteiger partial charge in [-0.05, 0) is 44.1 Å². The predicted octanol–water partition coefficient (Wildman–Crippen LogP) is 1.91. The minimum Gasteiger partial charge on any atom is -0.381 e. The largest absolute Gasteiger partial charge is 0.381 e. The van der Waals surface area contributed by atoms with Crippen molar-refractivity contribution in [2.45, 2.75) is 51.5 Å². The molecule has 3 nitrogen and oxygen atoms in total. The van der Waals surface area contributed by atoms with Gasteiger partial charge in [0.25, 0.3) is 0 Å². The van der Waals surface area contributed by atoms with Crippen LogP contribution in [0, 0.1) is 11.3 Å². The molecule has 0 aromatic carbocycles. The highest BCUT2D eigenvalue weighted by atomic mass is 16.5. The van der Waals surface area contributed by atoms with Crippen LogP contribution in [0.4, 0.5) is 0 Å². The van der Waals surface area contributed by atoms with Crippen molar-refractivity contribution in [3.8, 4) is 0 Å². The molecule has 0 amide bonds. The van der Waals surface area contributed by atoms with E-state index in [-0.39, 0.29) is 0 Å². The van der Waals surface area contributed by atoms with E-state index in [1.54, 1.807) is 0 Å². The molecule has 2 fully saturated rings. The molecule has 0 spiro atoms. The van der Waals surface area contributed by atoms with Crippen molar-refractivity contribution in [3.63, 3.8) is 0 Å². The molecule has 0 radical (unpaired) electrons. The number of nitrogens with one attached hydrogen (secondary N) is 1. The molecule has 3 N–H and O–H groups in total. The van der Waals surface area contributed by atoms with Gasteiger partial charge in [0.1, 0.15) is 0 Å². The Morgan fingerprint density at radius 1 is 1.35 bits per heavy atom. The maximum absolute atomic E-state index is 6.01. The third-order valence-corrected chi connectivity index (χ3v) is 4.82. The van der Waals surface area contributed by atoms with Gasteiger partial charge < -0.3 is 15.8 Å². The third kappa shape index (κ3) is 3.43. The second kappa shape index (κ2) is 6.17. The molecule has 17 heavy (non-hydrogen) atoms. The molecular formula is C14H28N2O. The fourth-order valence-corrected chi connectivity index (χ4v) is 3.25. The summed E-state index contributed by atoms with van der Waals surface area (Å²) in [7, 11) is 0. The smallest absolute Gasteiger partial charge is 0.0509 e. The lowest BCUT2D eigenvalue weighted by Gasteiger charge is -2.38. The average Bonchev–Trinajstić information content (AvgIpc) is 2.91. The van der Waals surface area contributed by atoms with Gasteiger partial charge in [-0.2, -0.15) is 0 Å². The van der Waals surface area contributed by atoms with E-state index in [1.807, 2.05) is 0 Å². The molecule has 3 heteroatoms. The number of hydrogen-bond donors (Lipinski definition) is 2. The lowest BCUT2D eigenvalue weighted by atomic mass is 9.74. The van der Waals surface area contributed by atoms with E-state index in [1.165, 1.54) is 38.5 Å². The van der Waals surface area contributed by atoms with Crippen molar-refractivity contribution in [2.24, 2.45) is 17.1 Å². The third-order valence-electron chi connectivity index (χ3n) is 4.82. The molecule has 0 aromatic rings. The van der Waals surface area contributed by atoms with Crippen LogP contribution in [0.25, 0.3) is 0 Å². The Morgan fingerprint density at radius 2 is 2.12 bits per heavy atom. The summed E-state index contributed by atoms with van der Waals surface area (Å²) in [5.41, 5.74) is 6.39. The summed E-state index contributed by atoms with van der Waals surface area (Å²) in [5, 5.41) is 3.73. The van der Waals surface area contributed by atoms with E-state index >= 15 is 0 Å². The number of nitrogens with two attached hydrogens (primary N) is 1. The summed E-state index contributed by atoms with van der Waals surface area (Å²) in [6.45, 7) is 6.12. The summed E-state index contributed by atoms with van der Waals surface area (Å²) in [4.78, 5) is 0. The molecule has 100 valence electrons. The van der Waals surface area contributed by atoms with Crippen LogP contribution in [-0.2, 0) is 4.74 Å². The van der Waals surface area contributed by atoms with Gasteiger partial charge in [-0.3, -0.25) is 0 Å². The first-order valence-corrected chi connectivity index (χ1v) is 7.27. The second-order valence-corrected chi connectivity index (χ2v) is 6.06. The van der Waals surface area contributed by atoms with E-state index in [9.17, 15) is 0 Å². The maximum atomic E-state index is 6.01. The molecule has 2 aliphatic rings. The van der Waals surface area contributed by atoms with Gasteiger partial charge in [-0.25, -0.2) is 0 Å². The standard InChI is InChI=1S/C14H28N2O/c1-12(13-5-8-17-9-13)16-11-14(10-15)6-3-2-4-7-14/h12-13,16H,2-11,15H2,1H3. The maximum Gasteiger partial charge on any atom is 0.0509 e. The first-order chi connectivity index (χ1) is 8.26. The van der Waals surface area contributed by atoms with E-state index in [0.29, 0.717) is 17.4 Å². The minimum absolute atomic E-state index is 0.381. The summed E-state index contributed by atoms with van der Waals surface area (Å²) >= 11 is 0. The lowest BCUT2D eigenvalue weighted by molar-refractivity contribution is 0.161. The zero-order valence-electron chi connectivity index (χ0n) is 11.2. The van der Waals surface area contributed by atoms with Crippen LogP contribution >= 0.6 is 0 Å². The van der Waals surface area contributed by atoms with Crippen LogP contribution in [0.2, 0.25) is 0 Å². The Labute approximate surface area is 105 Å². The van der Waals surface area contributed by atoms with E-state index < -0.39 is 0 Å². The van der Waals surface area contributed by atoms with Gasteiger partial charge in [0.15, 0.2) is 0 Å². The Bertz CT molecular complexity index is 220. The summed E-state index contributed by atoms with van der Waals surface area (Å²) < 4.78 is 5.46. The van der Waals surface area contributed by atoms with E-state index in [2.05, 4.69) is 12.2 Å². The molecule has 2 rings (SSSR count). The number of ether oxygens (including phenoxy) is 1. The molecule has 1 aliphatic heterocycles. The molecule has 1 aliphatic carbocycles. The monoisotopic (exact) mass is 240 g/mol. The topological polar surface area (TPSA) is 47.3 Å². The van der Waals surface area contributed by atoms with Crippen molar-refractivity contribution >= 4 is 0 Å². The van der Waals surface area contributed by atoms with Crippen molar-refractivity contribution in [1.29, 1.82) is 0 Å². The lowest BCUT2D eigenvalue weighted by Crippen LogP contribution is -2.46.